The van der Waals surface area contributed by atoms with Gasteiger partial charge in [-0.1, -0.05) is 0 Å². The van der Waals surface area contributed by atoms with E-state index in [-0.39, 0.29) is 35.7 Å². The van der Waals surface area contributed by atoms with E-state index >= 15 is 0 Å². The number of benzene rings is 1. The molecule has 0 saturated carbocycles. The fourth-order valence-corrected chi connectivity index (χ4v) is 3.62. The second kappa shape index (κ2) is 6.90. The molecule has 8 nitrogen and oxygen atoms in total. The summed E-state index contributed by atoms with van der Waals surface area (Å²) >= 11 is 0. The lowest BCUT2D eigenvalue weighted by molar-refractivity contribution is -0.134. The van der Waals surface area contributed by atoms with Crippen molar-refractivity contribution in [3.05, 3.63) is 53.5 Å². The summed E-state index contributed by atoms with van der Waals surface area (Å²) < 4.78 is 26.0. The molecule has 28 heavy (non-hydrogen) atoms. The molecule has 2 aliphatic heterocycles. The van der Waals surface area contributed by atoms with Crippen LogP contribution in [-0.2, 0) is 15.1 Å². The highest BCUT2D eigenvalue weighted by atomic mass is 19.1. The molecule has 142 valence electrons. The predicted molar refractivity (Wildman–Crippen MR) is 95.0 cm³/mol. The summed E-state index contributed by atoms with van der Waals surface area (Å²) in [6, 6.07) is 9.14. The van der Waals surface area contributed by atoms with Crippen molar-refractivity contribution in [2.75, 3.05) is 13.2 Å². The highest BCUT2D eigenvalue weighted by Crippen LogP contribution is 2.40. The van der Waals surface area contributed by atoms with Crippen LogP contribution in [-0.4, -0.2) is 30.1 Å². The van der Waals surface area contributed by atoms with Crippen molar-refractivity contribution in [1.29, 1.82) is 10.7 Å². The van der Waals surface area contributed by atoms with Gasteiger partial charge in [-0.15, -0.1) is 0 Å². The smallest absolute Gasteiger partial charge is 0.232 e. The van der Waals surface area contributed by atoms with Crippen LogP contribution in [0.4, 0.5) is 4.39 Å². The molecule has 0 aliphatic carbocycles. The summed E-state index contributed by atoms with van der Waals surface area (Å²) in [5.41, 5.74) is -0.653. The van der Waals surface area contributed by atoms with E-state index < -0.39 is 17.3 Å². The minimum absolute atomic E-state index is 0.0377. The van der Waals surface area contributed by atoms with Crippen molar-refractivity contribution in [2.45, 2.75) is 12.0 Å². The van der Waals surface area contributed by atoms with E-state index in [1.165, 1.54) is 30.5 Å². The van der Waals surface area contributed by atoms with Crippen molar-refractivity contribution in [1.82, 2.24) is 15.6 Å². The van der Waals surface area contributed by atoms with Crippen molar-refractivity contribution in [3.8, 4) is 17.7 Å². The first-order valence-corrected chi connectivity index (χ1v) is 8.61. The molecule has 1 aromatic carbocycles. The standard InChI is InChI=1S/C19H16FN5O3/c20-15-2-1-12(28-16-7-11(9-21)3-5-23-16)8-14(15)19-10-27-6-4-13(19)17(26)24-18(22)25-19/h1-3,5,7-8,13H,4,6,10H2,(H3,22,24,25,26). The first kappa shape index (κ1) is 17.9. The van der Waals surface area contributed by atoms with E-state index in [4.69, 9.17) is 20.1 Å². The number of fused-ring (bicyclic) bond motifs is 1. The Kier molecular flexibility index (Phi) is 4.41. The number of nitrogens with one attached hydrogen (secondary N) is 3. The van der Waals surface area contributed by atoms with Crippen LogP contribution in [0.25, 0.3) is 0 Å². The van der Waals surface area contributed by atoms with Crippen LogP contribution >= 0.6 is 0 Å². The van der Waals surface area contributed by atoms with E-state index in [9.17, 15) is 9.18 Å². The second-order valence-corrected chi connectivity index (χ2v) is 6.59. The number of halogens is 1. The highest BCUT2D eigenvalue weighted by Gasteiger charge is 2.52. The Morgan fingerprint density at radius 2 is 2.25 bits per heavy atom. The number of pyridine rings is 1. The topological polar surface area (TPSA) is 120 Å². The van der Waals surface area contributed by atoms with Crippen LogP contribution < -0.4 is 15.4 Å². The summed E-state index contributed by atoms with van der Waals surface area (Å²) in [4.78, 5) is 16.5. The predicted octanol–water partition coefficient (Wildman–Crippen LogP) is 1.77. The number of hydrogen-bond acceptors (Lipinski definition) is 6. The SMILES string of the molecule is N#Cc1ccnc(Oc2ccc(F)c(C34COCCC3C(=O)NC(=N)N4)c2)c1. The third kappa shape index (κ3) is 3.04. The van der Waals surface area contributed by atoms with Crippen molar-refractivity contribution < 1.29 is 18.7 Å². The maximum absolute atomic E-state index is 14.8. The van der Waals surface area contributed by atoms with Gasteiger partial charge in [0.2, 0.25) is 11.8 Å². The number of ether oxygens (including phenoxy) is 2. The third-order valence-corrected chi connectivity index (χ3v) is 4.89. The van der Waals surface area contributed by atoms with Crippen LogP contribution in [0.5, 0.6) is 11.6 Å². The maximum atomic E-state index is 14.8. The molecule has 2 atom stereocenters. The molecule has 0 bridgehead atoms. The zero-order chi connectivity index (χ0) is 19.7. The molecule has 4 rings (SSSR count). The van der Waals surface area contributed by atoms with Crippen LogP contribution in [0.3, 0.4) is 0 Å². The molecule has 0 radical (unpaired) electrons. The van der Waals surface area contributed by atoms with Crippen molar-refractivity contribution in [2.24, 2.45) is 5.92 Å². The van der Waals surface area contributed by atoms with Gasteiger partial charge < -0.3 is 14.8 Å². The van der Waals surface area contributed by atoms with Crippen LogP contribution in [0.2, 0.25) is 0 Å². The molecule has 0 spiro atoms. The average Bonchev–Trinajstić information content (AvgIpc) is 2.69. The van der Waals surface area contributed by atoms with E-state index in [1.807, 2.05) is 6.07 Å². The number of nitrogens with zero attached hydrogens (tertiary/aromatic N) is 2. The molecule has 3 N–H and O–H groups in total. The largest absolute Gasteiger partial charge is 0.439 e. The fraction of sp³-hybridized carbons (Fsp3) is 0.263. The molecule has 9 heteroatoms. The molecule has 2 aromatic rings. The Hall–Kier alpha value is -3.51. The summed E-state index contributed by atoms with van der Waals surface area (Å²) in [7, 11) is 0. The van der Waals surface area contributed by atoms with Gasteiger partial charge in [-0.25, -0.2) is 9.37 Å². The van der Waals surface area contributed by atoms with Crippen molar-refractivity contribution >= 4 is 11.9 Å². The van der Waals surface area contributed by atoms with Gasteiger partial charge >= 0.3 is 0 Å². The van der Waals surface area contributed by atoms with E-state index in [1.54, 1.807) is 6.07 Å². The lowest BCUT2D eigenvalue weighted by Crippen LogP contribution is -2.68. The van der Waals surface area contributed by atoms with Gasteiger partial charge in [0.05, 0.1) is 24.2 Å². The third-order valence-electron chi connectivity index (χ3n) is 4.89. The first-order chi connectivity index (χ1) is 13.5. The van der Waals surface area contributed by atoms with Gasteiger partial charge in [-0.2, -0.15) is 5.26 Å². The fourth-order valence-electron chi connectivity index (χ4n) is 3.62. The highest BCUT2D eigenvalue weighted by molar-refractivity contribution is 6.00. The maximum Gasteiger partial charge on any atom is 0.232 e. The first-order valence-electron chi connectivity index (χ1n) is 8.61. The number of rotatable bonds is 3. The molecule has 3 heterocycles. The summed E-state index contributed by atoms with van der Waals surface area (Å²) in [5.74, 6) is -1.22. The average molecular weight is 381 g/mol. The second-order valence-electron chi connectivity index (χ2n) is 6.59. The number of hydrogen-bond donors (Lipinski definition) is 3. The normalized spacial score (nSPS) is 23.8. The zero-order valence-electron chi connectivity index (χ0n) is 14.7. The van der Waals surface area contributed by atoms with E-state index in [2.05, 4.69) is 15.6 Å². The minimum Gasteiger partial charge on any atom is -0.439 e. The van der Waals surface area contributed by atoms with Gasteiger partial charge in [-0.05, 0) is 30.7 Å². The van der Waals surface area contributed by atoms with E-state index in [0.717, 1.165) is 0 Å². The molecule has 2 aliphatic rings. The van der Waals surface area contributed by atoms with Crippen LogP contribution in [0, 0.1) is 28.5 Å². The summed E-state index contributed by atoms with van der Waals surface area (Å²) in [6.45, 7) is 0.410. The number of guanidine groups is 1. The Labute approximate surface area is 159 Å². The lowest BCUT2D eigenvalue weighted by atomic mass is 9.73. The number of carbonyl (C=O) groups excluding carboxylic acids is 1. The number of aromatic nitrogens is 1. The van der Waals surface area contributed by atoms with Crippen LogP contribution in [0.15, 0.2) is 36.5 Å². The molecular formula is C19H16FN5O3. The molecular weight excluding hydrogens is 365 g/mol. The van der Waals surface area contributed by atoms with Gasteiger partial charge in [0, 0.05) is 24.4 Å². The monoisotopic (exact) mass is 381 g/mol. The Morgan fingerprint density at radius 3 is 3.07 bits per heavy atom. The molecule has 2 unspecified atom stereocenters. The number of carbonyl (C=O) groups is 1. The van der Waals surface area contributed by atoms with Gasteiger partial charge in [-0.3, -0.25) is 15.5 Å². The van der Waals surface area contributed by atoms with E-state index in [0.29, 0.717) is 18.6 Å². The van der Waals surface area contributed by atoms with Gasteiger partial charge in [0.25, 0.3) is 0 Å². The molecule has 1 aromatic heterocycles. The van der Waals surface area contributed by atoms with Crippen molar-refractivity contribution in [3.63, 3.8) is 0 Å². The number of nitriles is 1. The Balaban J connectivity index is 1.74. The molecule has 2 fully saturated rings. The minimum atomic E-state index is -1.21. The lowest BCUT2D eigenvalue weighted by Gasteiger charge is -2.47. The molecule has 1 amide bonds. The van der Waals surface area contributed by atoms with Gasteiger partial charge in [0.1, 0.15) is 17.1 Å². The zero-order valence-corrected chi connectivity index (χ0v) is 14.7. The summed E-state index contributed by atoms with van der Waals surface area (Å²) in [5, 5.41) is 22.2. The number of amides is 1. The summed E-state index contributed by atoms with van der Waals surface area (Å²) in [6.07, 6.45) is 1.83. The Morgan fingerprint density at radius 1 is 1.39 bits per heavy atom. The molecule has 2 saturated heterocycles. The Bertz CT molecular complexity index is 1010. The quantitative estimate of drug-likeness (QED) is 0.745. The van der Waals surface area contributed by atoms with Gasteiger partial charge in [0.15, 0.2) is 5.96 Å². The van der Waals surface area contributed by atoms with Crippen LogP contribution in [0.1, 0.15) is 17.5 Å².